The molecular weight excluding hydrogens is 195 g/mol. The molecule has 0 fully saturated rings. The van der Waals surface area contributed by atoms with Crippen LogP contribution in [0.3, 0.4) is 0 Å². The van der Waals surface area contributed by atoms with Crippen molar-refractivity contribution < 1.29 is 36.3 Å². The van der Waals surface area contributed by atoms with Gasteiger partial charge >= 0.3 is 16.5 Å². The Balaban J connectivity index is -0.000000107. The maximum absolute atomic E-state index is 9.26. The predicted molar refractivity (Wildman–Crippen MR) is 30.6 cm³/mol. The van der Waals surface area contributed by atoms with Crippen molar-refractivity contribution in [3.63, 3.8) is 0 Å². The summed E-state index contributed by atoms with van der Waals surface area (Å²) in [6.07, 6.45) is 0.222. The number of rotatable bonds is 2. The molecule has 0 aromatic heterocycles. The van der Waals surface area contributed by atoms with Crippen molar-refractivity contribution in [2.75, 3.05) is 0 Å². The molecule has 0 aliphatic rings. The van der Waals surface area contributed by atoms with Crippen LogP contribution in [0.15, 0.2) is 0 Å². The quantitative estimate of drug-likeness (QED) is 0.502. The zero-order chi connectivity index (χ0) is 8.57. The molecule has 68 valence electrons. The second-order valence-electron chi connectivity index (χ2n) is 1.45. The maximum atomic E-state index is 9.26. The molecule has 0 heterocycles. The van der Waals surface area contributed by atoms with E-state index in [4.69, 9.17) is 0 Å². The van der Waals surface area contributed by atoms with Crippen LogP contribution in [0.1, 0.15) is 26.7 Å². The van der Waals surface area contributed by atoms with Crippen molar-refractivity contribution in [3.05, 3.63) is 0 Å². The molecule has 0 radical (unpaired) electrons. The average Bonchev–Trinajstić information content (AvgIpc) is 1.89. The summed E-state index contributed by atoms with van der Waals surface area (Å²) < 4.78 is 0. The molecule has 0 amide bonds. The Morgan fingerprint density at radius 2 is 1.09 bits per heavy atom. The molecule has 0 rings (SSSR count). The Hall–Kier alpha value is -0.566. The minimum atomic E-state index is -0.995. The van der Waals surface area contributed by atoms with E-state index in [-0.39, 0.29) is 29.3 Å². The van der Waals surface area contributed by atoms with Crippen LogP contribution in [-0.2, 0) is 26.1 Å². The number of carbonyl (C=O) groups excluding carboxylic acids is 2. The standard InChI is InChI=1S/2C3H6O2.Ni/c2*1-2-3(4)5;/h2*2H2,1H3,(H,4,5);/q;;+2/p-2. The van der Waals surface area contributed by atoms with E-state index in [9.17, 15) is 19.8 Å². The van der Waals surface area contributed by atoms with Gasteiger partial charge < -0.3 is 19.8 Å². The van der Waals surface area contributed by atoms with Crippen LogP contribution < -0.4 is 10.2 Å². The summed E-state index contributed by atoms with van der Waals surface area (Å²) in [5.74, 6) is -1.99. The first-order valence-corrected chi connectivity index (χ1v) is 2.94. The molecule has 0 unspecified atom stereocenters. The molecule has 0 bridgehead atoms. The van der Waals surface area contributed by atoms with Crippen LogP contribution in [0.5, 0.6) is 0 Å². The van der Waals surface area contributed by atoms with Gasteiger partial charge in [0, 0.05) is 11.9 Å². The van der Waals surface area contributed by atoms with Crippen LogP contribution in [0, 0.1) is 0 Å². The van der Waals surface area contributed by atoms with Gasteiger partial charge in [0.25, 0.3) is 0 Å². The number of carboxylic acid groups (broad SMARTS) is 2. The van der Waals surface area contributed by atoms with Gasteiger partial charge in [0.2, 0.25) is 0 Å². The molecule has 5 heteroatoms. The fraction of sp³-hybridized carbons (Fsp3) is 0.667. The number of carboxylic acids is 2. The van der Waals surface area contributed by atoms with Crippen molar-refractivity contribution in [2.45, 2.75) is 26.7 Å². The van der Waals surface area contributed by atoms with E-state index in [1.54, 1.807) is 0 Å². The van der Waals surface area contributed by atoms with Crippen molar-refractivity contribution in [2.24, 2.45) is 0 Å². The van der Waals surface area contributed by atoms with Gasteiger partial charge in [-0.25, -0.2) is 0 Å². The van der Waals surface area contributed by atoms with Crippen LogP contribution in [0.25, 0.3) is 0 Å². The molecule has 0 aliphatic carbocycles. The summed E-state index contributed by atoms with van der Waals surface area (Å²) in [5, 5.41) is 18.5. The van der Waals surface area contributed by atoms with Gasteiger partial charge in [-0.05, 0) is 12.8 Å². The first kappa shape index (κ1) is 16.8. The molecule has 0 saturated carbocycles. The van der Waals surface area contributed by atoms with E-state index in [0.29, 0.717) is 0 Å². The summed E-state index contributed by atoms with van der Waals surface area (Å²) in [6.45, 7) is 3.07. The minimum Gasteiger partial charge on any atom is -0.550 e. The third-order valence-corrected chi connectivity index (χ3v) is 0.577. The van der Waals surface area contributed by atoms with Crippen molar-refractivity contribution in [1.29, 1.82) is 0 Å². The Morgan fingerprint density at radius 3 is 1.09 bits per heavy atom. The zero-order valence-electron chi connectivity index (χ0n) is 6.36. The Bertz CT molecular complexity index is 99.1. The minimum absolute atomic E-state index is 0. The molecule has 0 aliphatic heterocycles. The second-order valence-corrected chi connectivity index (χ2v) is 1.45. The molecule has 0 saturated heterocycles. The third kappa shape index (κ3) is 44.2. The van der Waals surface area contributed by atoms with Crippen LogP contribution >= 0.6 is 0 Å². The van der Waals surface area contributed by atoms with Gasteiger partial charge in [0.05, 0.1) is 0 Å². The maximum Gasteiger partial charge on any atom is 2.00 e. The van der Waals surface area contributed by atoms with E-state index in [1.807, 2.05) is 0 Å². The van der Waals surface area contributed by atoms with E-state index in [2.05, 4.69) is 0 Å². The first-order valence-electron chi connectivity index (χ1n) is 2.94. The Labute approximate surface area is 75.5 Å². The SMILES string of the molecule is CCC(=O)[O-].CCC(=O)[O-].[Ni+2]. The monoisotopic (exact) mass is 204 g/mol. The van der Waals surface area contributed by atoms with Gasteiger partial charge in [-0.3, -0.25) is 0 Å². The van der Waals surface area contributed by atoms with Gasteiger partial charge in [0.1, 0.15) is 0 Å². The molecular formula is C6H10NiO4. The molecule has 0 spiro atoms. The van der Waals surface area contributed by atoms with Gasteiger partial charge in [-0.1, -0.05) is 13.8 Å². The number of hydrogen-bond acceptors (Lipinski definition) is 4. The van der Waals surface area contributed by atoms with Crippen molar-refractivity contribution in [1.82, 2.24) is 0 Å². The number of hydrogen-bond donors (Lipinski definition) is 0. The topological polar surface area (TPSA) is 80.3 Å². The summed E-state index contributed by atoms with van der Waals surface area (Å²) >= 11 is 0. The van der Waals surface area contributed by atoms with Crippen LogP contribution in [0.4, 0.5) is 0 Å². The molecule has 0 aromatic carbocycles. The molecule has 0 atom stereocenters. The fourth-order valence-corrected chi connectivity index (χ4v) is 0. The van der Waals surface area contributed by atoms with Crippen LogP contribution in [-0.4, -0.2) is 11.9 Å². The molecule has 4 nitrogen and oxygen atoms in total. The van der Waals surface area contributed by atoms with Crippen molar-refractivity contribution in [3.8, 4) is 0 Å². The van der Waals surface area contributed by atoms with Gasteiger partial charge in [-0.15, -0.1) is 0 Å². The van der Waals surface area contributed by atoms with E-state index in [1.165, 1.54) is 13.8 Å². The second kappa shape index (κ2) is 12.1. The smallest absolute Gasteiger partial charge is 0.550 e. The molecule has 0 N–H and O–H groups in total. The zero-order valence-corrected chi connectivity index (χ0v) is 7.35. The Morgan fingerprint density at radius 1 is 1.00 bits per heavy atom. The van der Waals surface area contributed by atoms with Crippen molar-refractivity contribution >= 4 is 11.9 Å². The summed E-state index contributed by atoms with van der Waals surface area (Å²) in [5.41, 5.74) is 0. The normalized spacial score (nSPS) is 6.73. The third-order valence-electron chi connectivity index (χ3n) is 0.577. The summed E-state index contributed by atoms with van der Waals surface area (Å²) in [6, 6.07) is 0. The van der Waals surface area contributed by atoms with Gasteiger partial charge in [-0.2, -0.15) is 0 Å². The van der Waals surface area contributed by atoms with E-state index >= 15 is 0 Å². The fourth-order valence-electron chi connectivity index (χ4n) is 0. The first-order chi connectivity index (χ1) is 4.54. The van der Waals surface area contributed by atoms with Crippen LogP contribution in [0.2, 0.25) is 0 Å². The van der Waals surface area contributed by atoms with E-state index < -0.39 is 11.9 Å². The molecule has 11 heavy (non-hydrogen) atoms. The average molecular weight is 205 g/mol. The predicted octanol–water partition coefficient (Wildman–Crippen LogP) is -1.71. The summed E-state index contributed by atoms with van der Waals surface area (Å²) in [7, 11) is 0. The number of aliphatic carboxylic acids is 2. The largest absolute Gasteiger partial charge is 2.00 e. The van der Waals surface area contributed by atoms with E-state index in [0.717, 1.165) is 0 Å². The number of carbonyl (C=O) groups is 2. The molecule has 0 aromatic rings. The summed E-state index contributed by atoms with van der Waals surface area (Å²) in [4.78, 5) is 18.5. The Kier molecular flexibility index (Phi) is 18.5. The van der Waals surface area contributed by atoms with Gasteiger partial charge in [0.15, 0.2) is 0 Å².